The molecule has 7 heteroatoms. The fraction of sp³-hybridized carbons (Fsp3) is 0.500. The molecule has 0 spiro atoms. The van der Waals surface area contributed by atoms with E-state index in [9.17, 15) is 18.3 Å². The molecule has 2 aliphatic rings. The number of benzene rings is 1. The van der Waals surface area contributed by atoms with Crippen LogP contribution in [-0.4, -0.2) is 42.4 Å². The summed E-state index contributed by atoms with van der Waals surface area (Å²) in [6.45, 7) is 2.34. The lowest BCUT2D eigenvalue weighted by Crippen LogP contribution is -2.45. The van der Waals surface area contributed by atoms with E-state index in [2.05, 4.69) is 5.32 Å². The Kier molecular flexibility index (Phi) is 3.31. The Morgan fingerprint density at radius 1 is 1.29 bits per heavy atom. The lowest BCUT2D eigenvalue weighted by atomic mass is 9.95. The average Bonchev–Trinajstić information content (AvgIpc) is 2.77. The number of carbonyl (C=O) groups excluding carboxylic acids is 1. The maximum Gasteiger partial charge on any atom is 0.243 e. The number of hydrogen-bond acceptors (Lipinski definition) is 4. The van der Waals surface area contributed by atoms with Gasteiger partial charge in [-0.2, -0.15) is 4.31 Å². The first-order valence-corrected chi connectivity index (χ1v) is 8.37. The van der Waals surface area contributed by atoms with Crippen molar-refractivity contribution in [3.05, 3.63) is 23.8 Å². The van der Waals surface area contributed by atoms with Crippen LogP contribution in [0.5, 0.6) is 0 Å². The van der Waals surface area contributed by atoms with Gasteiger partial charge in [-0.05, 0) is 43.5 Å². The Hall–Kier alpha value is -1.44. The van der Waals surface area contributed by atoms with Crippen LogP contribution in [-0.2, 0) is 21.2 Å². The average molecular weight is 310 g/mol. The monoisotopic (exact) mass is 310 g/mol. The standard InChI is InChI=1S/C14H18N2O4S/c1-14(18)4-6-16(7-5-14)21(19,20)11-2-3-12-10(8-11)9-13(17)15-12/h2-3,8,18H,4-7,9H2,1H3,(H,15,17). The number of amides is 1. The molecule has 0 radical (unpaired) electrons. The highest BCUT2D eigenvalue weighted by Gasteiger charge is 2.34. The molecule has 1 saturated heterocycles. The highest BCUT2D eigenvalue weighted by molar-refractivity contribution is 7.89. The van der Waals surface area contributed by atoms with Crippen molar-refractivity contribution in [2.45, 2.75) is 36.7 Å². The van der Waals surface area contributed by atoms with E-state index in [4.69, 9.17) is 0 Å². The van der Waals surface area contributed by atoms with E-state index >= 15 is 0 Å². The van der Waals surface area contributed by atoms with Crippen molar-refractivity contribution in [2.24, 2.45) is 0 Å². The first-order chi connectivity index (χ1) is 9.78. The maximum absolute atomic E-state index is 12.6. The van der Waals surface area contributed by atoms with Crippen molar-refractivity contribution in [3.8, 4) is 0 Å². The maximum atomic E-state index is 12.6. The second kappa shape index (κ2) is 4.79. The van der Waals surface area contributed by atoms with Crippen LogP contribution in [0.15, 0.2) is 23.1 Å². The van der Waals surface area contributed by atoms with Gasteiger partial charge < -0.3 is 10.4 Å². The van der Waals surface area contributed by atoms with Gasteiger partial charge in [-0.1, -0.05) is 0 Å². The quantitative estimate of drug-likeness (QED) is 0.842. The van der Waals surface area contributed by atoms with Crippen LogP contribution in [0.4, 0.5) is 5.69 Å². The van der Waals surface area contributed by atoms with Crippen LogP contribution in [0.3, 0.4) is 0 Å². The van der Waals surface area contributed by atoms with Gasteiger partial charge in [0.1, 0.15) is 0 Å². The predicted molar refractivity (Wildman–Crippen MR) is 77.4 cm³/mol. The molecule has 1 fully saturated rings. The highest BCUT2D eigenvalue weighted by atomic mass is 32.2. The zero-order chi connectivity index (χ0) is 15.3. The van der Waals surface area contributed by atoms with Crippen LogP contribution in [0.25, 0.3) is 0 Å². The van der Waals surface area contributed by atoms with Crippen LogP contribution in [0, 0.1) is 0 Å². The molecule has 1 aromatic rings. The summed E-state index contributed by atoms with van der Waals surface area (Å²) in [6.07, 6.45) is 1.07. The predicted octanol–water partition coefficient (Wildman–Crippen LogP) is 0.717. The van der Waals surface area contributed by atoms with Gasteiger partial charge >= 0.3 is 0 Å². The van der Waals surface area contributed by atoms with Crippen LogP contribution in [0.2, 0.25) is 0 Å². The fourth-order valence-electron chi connectivity index (χ4n) is 2.72. The minimum Gasteiger partial charge on any atom is -0.390 e. The molecule has 21 heavy (non-hydrogen) atoms. The fourth-order valence-corrected chi connectivity index (χ4v) is 4.22. The van der Waals surface area contributed by atoms with E-state index in [1.807, 2.05) is 0 Å². The summed E-state index contributed by atoms with van der Waals surface area (Å²) in [7, 11) is -3.57. The summed E-state index contributed by atoms with van der Waals surface area (Å²) < 4.78 is 26.6. The number of sulfonamides is 1. The Bertz CT molecular complexity index is 687. The van der Waals surface area contributed by atoms with Crippen LogP contribution in [0.1, 0.15) is 25.3 Å². The van der Waals surface area contributed by atoms with Gasteiger partial charge in [0.2, 0.25) is 15.9 Å². The van der Waals surface area contributed by atoms with Gasteiger partial charge in [-0.3, -0.25) is 4.79 Å². The van der Waals surface area contributed by atoms with Crippen molar-refractivity contribution in [2.75, 3.05) is 18.4 Å². The lowest BCUT2D eigenvalue weighted by Gasteiger charge is -2.35. The second-order valence-electron chi connectivity index (χ2n) is 5.94. The number of nitrogens with one attached hydrogen (secondary N) is 1. The summed E-state index contributed by atoms with van der Waals surface area (Å²) in [4.78, 5) is 11.5. The smallest absolute Gasteiger partial charge is 0.243 e. The molecule has 1 amide bonds. The topological polar surface area (TPSA) is 86.7 Å². The minimum atomic E-state index is -3.57. The first kappa shape index (κ1) is 14.5. The molecule has 3 rings (SSSR count). The molecule has 0 bridgehead atoms. The van der Waals surface area contributed by atoms with Crippen molar-refractivity contribution in [1.82, 2.24) is 4.31 Å². The zero-order valence-electron chi connectivity index (χ0n) is 11.8. The summed E-state index contributed by atoms with van der Waals surface area (Å²) in [5.41, 5.74) is 0.603. The molecule has 0 unspecified atom stereocenters. The molecule has 2 N–H and O–H groups in total. The van der Waals surface area contributed by atoms with Gasteiger partial charge in [0.05, 0.1) is 16.9 Å². The number of carbonyl (C=O) groups is 1. The molecular weight excluding hydrogens is 292 g/mol. The first-order valence-electron chi connectivity index (χ1n) is 6.93. The number of anilines is 1. The SMILES string of the molecule is CC1(O)CCN(S(=O)(=O)c2ccc3c(c2)CC(=O)N3)CC1. The third-order valence-electron chi connectivity index (χ3n) is 4.14. The van der Waals surface area contributed by atoms with Gasteiger partial charge in [0.15, 0.2) is 0 Å². The number of hydrogen-bond donors (Lipinski definition) is 2. The zero-order valence-corrected chi connectivity index (χ0v) is 12.6. The number of piperidine rings is 1. The van der Waals surface area contributed by atoms with E-state index in [0.717, 1.165) is 0 Å². The van der Waals surface area contributed by atoms with Crippen molar-refractivity contribution in [3.63, 3.8) is 0 Å². The molecule has 2 heterocycles. The normalized spacial score (nSPS) is 21.9. The summed E-state index contributed by atoms with van der Waals surface area (Å²) in [5, 5.41) is 12.6. The van der Waals surface area contributed by atoms with E-state index < -0.39 is 15.6 Å². The van der Waals surface area contributed by atoms with Gasteiger partial charge in [-0.15, -0.1) is 0 Å². The summed E-state index contributed by atoms with van der Waals surface area (Å²) in [6, 6.07) is 4.72. The van der Waals surface area contributed by atoms with Crippen molar-refractivity contribution < 1.29 is 18.3 Å². The van der Waals surface area contributed by atoms with Crippen LogP contribution >= 0.6 is 0 Å². The summed E-state index contributed by atoms with van der Waals surface area (Å²) >= 11 is 0. The second-order valence-corrected chi connectivity index (χ2v) is 7.88. The lowest BCUT2D eigenvalue weighted by molar-refractivity contribution is -0.115. The van der Waals surface area contributed by atoms with Gasteiger partial charge in [0.25, 0.3) is 0 Å². The Morgan fingerprint density at radius 2 is 1.95 bits per heavy atom. The molecule has 114 valence electrons. The number of aliphatic hydroxyl groups is 1. The molecule has 1 aromatic carbocycles. The molecule has 0 atom stereocenters. The molecule has 2 aliphatic heterocycles. The number of fused-ring (bicyclic) bond motifs is 1. The number of nitrogens with zero attached hydrogens (tertiary/aromatic N) is 1. The third kappa shape index (κ3) is 2.68. The van der Waals surface area contributed by atoms with E-state index in [0.29, 0.717) is 37.2 Å². The van der Waals surface area contributed by atoms with Crippen molar-refractivity contribution >= 4 is 21.6 Å². The molecule has 0 aromatic heterocycles. The third-order valence-corrected chi connectivity index (χ3v) is 6.03. The van der Waals surface area contributed by atoms with Gasteiger partial charge in [-0.25, -0.2) is 8.42 Å². The largest absolute Gasteiger partial charge is 0.390 e. The molecule has 0 aliphatic carbocycles. The van der Waals surface area contributed by atoms with E-state index in [-0.39, 0.29) is 17.2 Å². The van der Waals surface area contributed by atoms with Crippen LogP contribution < -0.4 is 5.32 Å². The Labute approximate surface area is 123 Å². The highest BCUT2D eigenvalue weighted by Crippen LogP contribution is 2.30. The minimum absolute atomic E-state index is 0.117. The summed E-state index contributed by atoms with van der Waals surface area (Å²) in [5.74, 6) is -0.117. The number of rotatable bonds is 2. The molecular formula is C14H18N2O4S. The Morgan fingerprint density at radius 3 is 2.62 bits per heavy atom. The van der Waals surface area contributed by atoms with E-state index in [1.54, 1.807) is 19.1 Å². The Balaban J connectivity index is 1.86. The van der Waals surface area contributed by atoms with Crippen molar-refractivity contribution in [1.29, 1.82) is 0 Å². The van der Waals surface area contributed by atoms with E-state index in [1.165, 1.54) is 10.4 Å². The molecule has 0 saturated carbocycles. The van der Waals surface area contributed by atoms with Gasteiger partial charge in [0, 0.05) is 18.8 Å². The molecule has 6 nitrogen and oxygen atoms in total.